The minimum atomic E-state index is -1.08. The van der Waals surface area contributed by atoms with Gasteiger partial charge in [-0.1, -0.05) is 13.8 Å². The van der Waals surface area contributed by atoms with Gasteiger partial charge in [-0.25, -0.2) is 4.79 Å². The summed E-state index contributed by atoms with van der Waals surface area (Å²) in [4.78, 5) is 11.1. The number of carboxylic acid groups (broad SMARTS) is 1. The lowest BCUT2D eigenvalue weighted by Gasteiger charge is -2.34. The molecule has 0 amide bonds. The Kier molecular flexibility index (Phi) is 4.13. The lowest BCUT2D eigenvalue weighted by Crippen LogP contribution is -2.45. The molecule has 0 aromatic heterocycles. The van der Waals surface area contributed by atoms with Crippen LogP contribution < -0.4 is 0 Å². The van der Waals surface area contributed by atoms with Crippen molar-refractivity contribution in [2.75, 3.05) is 0 Å². The third-order valence-electron chi connectivity index (χ3n) is 1.78. The van der Waals surface area contributed by atoms with E-state index in [2.05, 4.69) is 0 Å². The topological polar surface area (TPSA) is 46.5 Å². The van der Waals surface area contributed by atoms with E-state index in [9.17, 15) is 4.79 Å². The van der Waals surface area contributed by atoms with Gasteiger partial charge in [-0.05, 0) is 40.0 Å². The first kappa shape index (κ1) is 13.4. The van der Waals surface area contributed by atoms with Crippen LogP contribution >= 0.6 is 0 Å². The molecule has 3 nitrogen and oxygen atoms in total. The second-order valence-electron chi connectivity index (χ2n) is 5.35. The molecule has 1 unspecified atom stereocenters. The molecule has 0 saturated carbocycles. The molecular formula is C11H22O3. The Morgan fingerprint density at radius 3 is 1.93 bits per heavy atom. The number of carbonyl (C=O) groups is 1. The molecule has 0 spiro atoms. The minimum Gasteiger partial charge on any atom is -0.479 e. The summed E-state index contributed by atoms with van der Waals surface area (Å²) in [6, 6.07) is 0. The first-order chi connectivity index (χ1) is 6.07. The van der Waals surface area contributed by atoms with Crippen molar-refractivity contribution < 1.29 is 14.6 Å². The molecule has 0 bridgehead atoms. The van der Waals surface area contributed by atoms with Crippen LogP contribution in [0.1, 0.15) is 48.0 Å². The van der Waals surface area contributed by atoms with Crippen LogP contribution in [-0.2, 0) is 9.53 Å². The standard InChI is InChI=1S/C11H22O3/c1-8(2)7-11(6,9(12)13)14-10(3,4)5/h8H,7H2,1-6H3,(H,12,13). The van der Waals surface area contributed by atoms with Crippen LogP contribution in [0.15, 0.2) is 0 Å². The zero-order valence-corrected chi connectivity index (χ0v) is 10.0. The van der Waals surface area contributed by atoms with Crippen molar-refractivity contribution in [3.05, 3.63) is 0 Å². The maximum absolute atomic E-state index is 11.1. The molecular weight excluding hydrogens is 180 g/mol. The average molecular weight is 202 g/mol. The first-order valence-electron chi connectivity index (χ1n) is 5.00. The van der Waals surface area contributed by atoms with E-state index in [4.69, 9.17) is 9.84 Å². The van der Waals surface area contributed by atoms with Gasteiger partial charge >= 0.3 is 5.97 Å². The van der Waals surface area contributed by atoms with Crippen LogP contribution in [0, 0.1) is 5.92 Å². The summed E-state index contributed by atoms with van der Waals surface area (Å²) in [7, 11) is 0. The van der Waals surface area contributed by atoms with Crippen LogP contribution in [0.2, 0.25) is 0 Å². The Morgan fingerprint density at radius 2 is 1.71 bits per heavy atom. The highest BCUT2D eigenvalue weighted by molar-refractivity contribution is 5.76. The minimum absolute atomic E-state index is 0.304. The van der Waals surface area contributed by atoms with Gasteiger partial charge in [0.25, 0.3) is 0 Å². The van der Waals surface area contributed by atoms with Crippen LogP contribution in [0.25, 0.3) is 0 Å². The molecule has 0 aliphatic heterocycles. The molecule has 1 N–H and O–H groups in total. The molecule has 0 fully saturated rings. The third kappa shape index (κ3) is 4.61. The van der Waals surface area contributed by atoms with Crippen molar-refractivity contribution in [3.63, 3.8) is 0 Å². The molecule has 0 radical (unpaired) electrons. The zero-order valence-electron chi connectivity index (χ0n) is 10.0. The Labute approximate surface area is 86.5 Å². The van der Waals surface area contributed by atoms with Gasteiger partial charge in [0.2, 0.25) is 0 Å². The van der Waals surface area contributed by atoms with Crippen molar-refractivity contribution >= 4 is 5.97 Å². The summed E-state index contributed by atoms with van der Waals surface area (Å²) in [5.41, 5.74) is -1.51. The molecule has 14 heavy (non-hydrogen) atoms. The molecule has 0 aromatic rings. The van der Waals surface area contributed by atoms with Gasteiger partial charge in [-0.2, -0.15) is 0 Å². The maximum Gasteiger partial charge on any atom is 0.335 e. The van der Waals surface area contributed by atoms with Crippen LogP contribution in [0.3, 0.4) is 0 Å². The number of hydrogen-bond acceptors (Lipinski definition) is 2. The van der Waals surface area contributed by atoms with E-state index in [1.54, 1.807) is 6.92 Å². The molecule has 0 saturated heterocycles. The monoisotopic (exact) mass is 202 g/mol. The van der Waals surface area contributed by atoms with E-state index >= 15 is 0 Å². The molecule has 0 aliphatic carbocycles. The van der Waals surface area contributed by atoms with Gasteiger partial charge in [0.05, 0.1) is 5.60 Å². The Hall–Kier alpha value is -0.570. The van der Waals surface area contributed by atoms with E-state index in [0.29, 0.717) is 12.3 Å². The van der Waals surface area contributed by atoms with Gasteiger partial charge in [-0.15, -0.1) is 0 Å². The van der Waals surface area contributed by atoms with E-state index in [-0.39, 0.29) is 0 Å². The van der Waals surface area contributed by atoms with Crippen LogP contribution in [-0.4, -0.2) is 22.3 Å². The molecule has 3 heteroatoms. The van der Waals surface area contributed by atoms with Crippen molar-refractivity contribution in [2.24, 2.45) is 5.92 Å². The molecule has 0 heterocycles. The second-order valence-corrected chi connectivity index (χ2v) is 5.35. The van der Waals surface area contributed by atoms with Gasteiger partial charge in [0, 0.05) is 0 Å². The molecule has 0 rings (SSSR count). The SMILES string of the molecule is CC(C)CC(C)(OC(C)(C)C)C(=O)O. The Bertz CT molecular complexity index is 203. The number of hydrogen-bond donors (Lipinski definition) is 1. The third-order valence-corrected chi connectivity index (χ3v) is 1.78. The Balaban J connectivity index is 4.65. The number of carboxylic acids is 1. The zero-order chi connectivity index (χ0) is 11.6. The summed E-state index contributed by atoms with van der Waals surface area (Å²) in [5, 5.41) is 9.12. The predicted molar refractivity (Wildman–Crippen MR) is 56.3 cm³/mol. The highest BCUT2D eigenvalue weighted by atomic mass is 16.5. The quantitative estimate of drug-likeness (QED) is 0.762. The fourth-order valence-corrected chi connectivity index (χ4v) is 1.63. The summed E-state index contributed by atoms with van der Waals surface area (Å²) in [5.74, 6) is -0.584. The lowest BCUT2D eigenvalue weighted by atomic mass is 9.93. The van der Waals surface area contributed by atoms with Crippen molar-refractivity contribution in [3.8, 4) is 0 Å². The smallest absolute Gasteiger partial charge is 0.335 e. The Morgan fingerprint density at radius 1 is 1.29 bits per heavy atom. The van der Waals surface area contributed by atoms with E-state index in [1.807, 2.05) is 34.6 Å². The summed E-state index contributed by atoms with van der Waals surface area (Å²) < 4.78 is 5.60. The van der Waals surface area contributed by atoms with E-state index in [0.717, 1.165) is 0 Å². The van der Waals surface area contributed by atoms with Crippen molar-refractivity contribution in [2.45, 2.75) is 59.2 Å². The van der Waals surface area contributed by atoms with Crippen molar-refractivity contribution in [1.29, 1.82) is 0 Å². The molecule has 84 valence electrons. The van der Waals surface area contributed by atoms with Gasteiger partial charge in [0.1, 0.15) is 0 Å². The van der Waals surface area contributed by atoms with Crippen LogP contribution in [0.5, 0.6) is 0 Å². The van der Waals surface area contributed by atoms with Gasteiger partial charge < -0.3 is 9.84 Å². The number of rotatable bonds is 4. The van der Waals surface area contributed by atoms with E-state index < -0.39 is 17.2 Å². The molecule has 0 aliphatic rings. The maximum atomic E-state index is 11.1. The summed E-state index contributed by atoms with van der Waals surface area (Å²) in [6.07, 6.45) is 0.527. The van der Waals surface area contributed by atoms with Crippen molar-refractivity contribution in [1.82, 2.24) is 0 Å². The largest absolute Gasteiger partial charge is 0.479 e. The number of ether oxygens (including phenoxy) is 1. The van der Waals surface area contributed by atoms with Gasteiger partial charge in [0.15, 0.2) is 5.60 Å². The normalized spacial score (nSPS) is 16.8. The van der Waals surface area contributed by atoms with E-state index in [1.165, 1.54) is 0 Å². The fourth-order valence-electron chi connectivity index (χ4n) is 1.63. The highest BCUT2D eigenvalue weighted by Crippen LogP contribution is 2.27. The summed E-state index contributed by atoms with van der Waals surface area (Å²) in [6.45, 7) is 11.2. The number of aliphatic carboxylic acids is 1. The fraction of sp³-hybridized carbons (Fsp3) is 0.909. The average Bonchev–Trinajstić information content (AvgIpc) is 1.79. The predicted octanol–water partition coefficient (Wildman–Crippen LogP) is 2.69. The van der Waals surface area contributed by atoms with Crippen LogP contribution in [0.4, 0.5) is 0 Å². The van der Waals surface area contributed by atoms with Gasteiger partial charge in [-0.3, -0.25) is 0 Å². The molecule has 0 aromatic carbocycles. The summed E-state index contributed by atoms with van der Waals surface area (Å²) >= 11 is 0. The lowest BCUT2D eigenvalue weighted by molar-refractivity contribution is -0.184. The highest BCUT2D eigenvalue weighted by Gasteiger charge is 2.38. The second kappa shape index (κ2) is 4.30. The molecule has 1 atom stereocenters. The first-order valence-corrected chi connectivity index (χ1v) is 5.00.